The van der Waals surface area contributed by atoms with Gasteiger partial charge in [0.1, 0.15) is 6.04 Å². The van der Waals surface area contributed by atoms with Crippen molar-refractivity contribution in [3.8, 4) is 0 Å². The van der Waals surface area contributed by atoms with Crippen LogP contribution in [0.25, 0.3) is 0 Å². The van der Waals surface area contributed by atoms with Gasteiger partial charge in [-0.3, -0.25) is 19.9 Å². The normalized spacial score (nSPS) is 12.2. The molecule has 1 rings (SSSR count). The molecule has 1 aromatic rings. The number of hydrogen-bond acceptors (Lipinski definition) is 7. The second kappa shape index (κ2) is 8.94. The molecule has 1 unspecified atom stereocenters. The van der Waals surface area contributed by atoms with Crippen molar-refractivity contribution >= 4 is 27.6 Å². The van der Waals surface area contributed by atoms with Crippen LogP contribution in [0.1, 0.15) is 12.8 Å². The monoisotopic (exact) mass is 373 g/mol. The minimum Gasteiger partial charge on any atom is -0.468 e. The molecule has 0 aliphatic heterocycles. The molecule has 0 amide bonds. The number of carbonyl (C=O) groups is 1. The van der Waals surface area contributed by atoms with E-state index in [0.29, 0.717) is 6.42 Å². The molecule has 0 radical (unpaired) electrons. The van der Waals surface area contributed by atoms with Crippen LogP contribution in [0.15, 0.2) is 34.2 Å². The highest BCUT2D eigenvalue weighted by molar-refractivity contribution is 7.89. The van der Waals surface area contributed by atoms with Gasteiger partial charge in [-0.25, -0.2) is 8.42 Å². The number of nitrogens with one attached hydrogen (secondary N) is 1. The molecule has 1 aromatic carbocycles. The van der Waals surface area contributed by atoms with E-state index in [4.69, 9.17) is 11.5 Å². The molecule has 0 heterocycles. The summed E-state index contributed by atoms with van der Waals surface area (Å²) < 4.78 is 31.5. The predicted octanol–water partition coefficient (Wildman–Crippen LogP) is -0.532. The molecule has 12 heteroatoms. The Hall–Kier alpha value is -2.73. The van der Waals surface area contributed by atoms with Crippen molar-refractivity contribution in [2.45, 2.75) is 23.8 Å². The first-order valence-corrected chi connectivity index (χ1v) is 8.55. The lowest BCUT2D eigenvalue weighted by molar-refractivity contribution is -0.384. The van der Waals surface area contributed by atoms with Crippen LogP contribution in [0.4, 0.5) is 5.69 Å². The van der Waals surface area contributed by atoms with Gasteiger partial charge in [0.05, 0.1) is 16.9 Å². The zero-order valence-corrected chi connectivity index (χ0v) is 14.2. The number of aliphatic imine (C=N–C) groups is 1. The Morgan fingerprint density at radius 3 is 2.44 bits per heavy atom. The number of nitrogens with two attached hydrogens (primary N) is 2. The summed E-state index contributed by atoms with van der Waals surface area (Å²) in [5, 5.41) is 10.6. The van der Waals surface area contributed by atoms with Crippen LogP contribution in [-0.4, -0.2) is 45.0 Å². The number of carbonyl (C=O) groups excluding carboxylic acids is 1. The van der Waals surface area contributed by atoms with Gasteiger partial charge in [-0.05, 0) is 25.0 Å². The highest BCUT2D eigenvalue weighted by Crippen LogP contribution is 2.16. The average Bonchev–Trinajstić information content (AvgIpc) is 2.56. The third kappa shape index (κ3) is 6.35. The summed E-state index contributed by atoms with van der Waals surface area (Å²) >= 11 is 0. The Morgan fingerprint density at radius 1 is 1.36 bits per heavy atom. The van der Waals surface area contributed by atoms with E-state index < -0.39 is 27.0 Å². The number of nitro groups is 1. The lowest BCUT2D eigenvalue weighted by atomic mass is 10.2. The van der Waals surface area contributed by atoms with E-state index in [0.717, 1.165) is 31.4 Å². The van der Waals surface area contributed by atoms with Gasteiger partial charge in [-0.1, -0.05) is 0 Å². The zero-order valence-electron chi connectivity index (χ0n) is 13.4. The van der Waals surface area contributed by atoms with Crippen LogP contribution in [0.2, 0.25) is 0 Å². The molecule has 0 aliphatic carbocycles. The molecule has 5 N–H and O–H groups in total. The van der Waals surface area contributed by atoms with Crippen molar-refractivity contribution in [2.24, 2.45) is 16.5 Å². The van der Waals surface area contributed by atoms with Crippen LogP contribution >= 0.6 is 0 Å². The van der Waals surface area contributed by atoms with E-state index in [1.165, 1.54) is 0 Å². The molecule has 25 heavy (non-hydrogen) atoms. The van der Waals surface area contributed by atoms with Gasteiger partial charge in [0.15, 0.2) is 5.96 Å². The van der Waals surface area contributed by atoms with Gasteiger partial charge in [-0.2, -0.15) is 4.72 Å². The summed E-state index contributed by atoms with van der Waals surface area (Å²) in [7, 11) is -2.94. The first-order valence-electron chi connectivity index (χ1n) is 7.07. The Kier molecular flexibility index (Phi) is 7.26. The third-order valence-electron chi connectivity index (χ3n) is 3.09. The van der Waals surface area contributed by atoms with Gasteiger partial charge in [0.25, 0.3) is 5.69 Å². The molecular formula is C13H19N5O6S. The second-order valence-corrected chi connectivity index (χ2v) is 6.61. The fourth-order valence-corrected chi connectivity index (χ4v) is 3.09. The summed E-state index contributed by atoms with van der Waals surface area (Å²) in [6, 6.07) is 3.13. The van der Waals surface area contributed by atoms with Crippen LogP contribution < -0.4 is 16.2 Å². The molecule has 11 nitrogen and oxygen atoms in total. The number of hydrogen-bond donors (Lipinski definition) is 3. The van der Waals surface area contributed by atoms with Crippen molar-refractivity contribution < 1.29 is 22.9 Å². The second-order valence-electron chi connectivity index (χ2n) is 4.90. The fourth-order valence-electron chi connectivity index (χ4n) is 1.87. The van der Waals surface area contributed by atoms with Gasteiger partial charge in [-0.15, -0.1) is 0 Å². The summed E-state index contributed by atoms with van der Waals surface area (Å²) in [5.74, 6) is -0.878. The van der Waals surface area contributed by atoms with Crippen molar-refractivity contribution in [3.63, 3.8) is 0 Å². The van der Waals surface area contributed by atoms with Crippen molar-refractivity contribution in [2.75, 3.05) is 13.7 Å². The maximum Gasteiger partial charge on any atom is 0.323 e. The molecule has 0 saturated carbocycles. The van der Waals surface area contributed by atoms with Gasteiger partial charge in [0.2, 0.25) is 10.0 Å². The number of rotatable bonds is 9. The summed E-state index contributed by atoms with van der Waals surface area (Å²) in [5.41, 5.74) is 10.1. The van der Waals surface area contributed by atoms with E-state index in [1.807, 2.05) is 0 Å². The summed E-state index contributed by atoms with van der Waals surface area (Å²) in [4.78, 5) is 25.3. The first kappa shape index (κ1) is 20.3. The van der Waals surface area contributed by atoms with Crippen LogP contribution in [-0.2, 0) is 19.6 Å². The van der Waals surface area contributed by atoms with Crippen LogP contribution in [0.5, 0.6) is 0 Å². The number of ether oxygens (including phenoxy) is 1. The minimum atomic E-state index is -4.07. The maximum absolute atomic E-state index is 12.3. The minimum absolute atomic E-state index is 0.107. The van der Waals surface area contributed by atoms with Gasteiger partial charge >= 0.3 is 5.97 Å². The quantitative estimate of drug-likeness (QED) is 0.129. The largest absolute Gasteiger partial charge is 0.468 e. The molecule has 0 bridgehead atoms. The molecule has 0 saturated heterocycles. The van der Waals surface area contributed by atoms with Crippen LogP contribution in [0, 0.1) is 10.1 Å². The number of guanidine groups is 1. The average molecular weight is 373 g/mol. The SMILES string of the molecule is COC(=O)C(CCCN=C(N)N)NS(=O)(=O)c1ccc([N+](=O)[O-])cc1. The molecule has 0 spiro atoms. The Balaban J connectivity index is 2.87. The standard InChI is InChI=1S/C13H19N5O6S/c1-24-12(19)11(3-2-8-16-13(14)15)17-25(22,23)10-6-4-9(5-7-10)18(20)21/h4-7,11,17H,2-3,8H2,1H3,(H4,14,15,16). The van der Waals surface area contributed by atoms with Crippen molar-refractivity contribution in [1.29, 1.82) is 0 Å². The molecule has 0 aliphatic rings. The van der Waals surface area contributed by atoms with Crippen LogP contribution in [0.3, 0.4) is 0 Å². The first-order chi connectivity index (χ1) is 11.7. The number of non-ortho nitro benzene ring substituents is 1. The number of benzene rings is 1. The number of nitrogens with zero attached hydrogens (tertiary/aromatic N) is 2. The van der Waals surface area contributed by atoms with Gasteiger partial charge in [0, 0.05) is 18.7 Å². The highest BCUT2D eigenvalue weighted by atomic mass is 32.2. The van der Waals surface area contributed by atoms with Crippen molar-refractivity contribution in [3.05, 3.63) is 34.4 Å². The van der Waals surface area contributed by atoms with Gasteiger partial charge < -0.3 is 16.2 Å². The predicted molar refractivity (Wildman–Crippen MR) is 89.1 cm³/mol. The van der Waals surface area contributed by atoms with E-state index >= 15 is 0 Å². The smallest absolute Gasteiger partial charge is 0.323 e. The third-order valence-corrected chi connectivity index (χ3v) is 4.57. The lowest BCUT2D eigenvalue weighted by Crippen LogP contribution is -2.41. The molecule has 0 aromatic heterocycles. The van der Waals surface area contributed by atoms with E-state index in [-0.39, 0.29) is 29.5 Å². The summed E-state index contributed by atoms with van der Waals surface area (Å²) in [6.07, 6.45) is 0.441. The Bertz CT molecular complexity index is 743. The van der Waals surface area contributed by atoms with E-state index in [1.54, 1.807) is 0 Å². The topological polar surface area (TPSA) is 180 Å². The number of esters is 1. The maximum atomic E-state index is 12.3. The Morgan fingerprint density at radius 2 is 1.96 bits per heavy atom. The zero-order chi connectivity index (χ0) is 19.0. The van der Waals surface area contributed by atoms with Crippen molar-refractivity contribution in [1.82, 2.24) is 4.72 Å². The lowest BCUT2D eigenvalue weighted by Gasteiger charge is -2.16. The molecular weight excluding hydrogens is 354 g/mol. The fraction of sp³-hybridized carbons (Fsp3) is 0.385. The Labute approximate surface area is 144 Å². The summed E-state index contributed by atoms with van der Waals surface area (Å²) in [6.45, 7) is 0.217. The highest BCUT2D eigenvalue weighted by Gasteiger charge is 2.26. The van der Waals surface area contributed by atoms with E-state index in [2.05, 4.69) is 14.5 Å². The molecule has 1 atom stereocenters. The number of nitro benzene ring substituents is 1. The van der Waals surface area contributed by atoms with E-state index in [9.17, 15) is 23.3 Å². The number of methoxy groups -OCH3 is 1. The molecule has 0 fully saturated rings. The molecule has 138 valence electrons. The number of sulfonamides is 1.